The summed E-state index contributed by atoms with van der Waals surface area (Å²) < 4.78 is 38.2. The van der Waals surface area contributed by atoms with Crippen LogP contribution in [0.2, 0.25) is 0 Å². The first-order chi connectivity index (χ1) is 12.5. The minimum Gasteiger partial charge on any atom is -0.486 e. The highest BCUT2D eigenvalue weighted by atomic mass is 19.3. The second-order valence-electron chi connectivity index (χ2n) is 7.62. The number of fused-ring (bicyclic) bond motifs is 1. The van der Waals surface area contributed by atoms with Crippen LogP contribution in [0.1, 0.15) is 38.5 Å². The van der Waals surface area contributed by atoms with Crippen molar-refractivity contribution in [3.05, 3.63) is 24.3 Å². The van der Waals surface area contributed by atoms with Gasteiger partial charge in [-0.1, -0.05) is 12.1 Å². The average molecular weight is 366 g/mol. The standard InChI is InChI=1S/C19H24F2N2O3/c20-19(21)12-18(19)8-5-13(6-9-18)23-17(24)22-10-7-14-11-25-15-3-1-2-4-16(15)26-14/h1-4,13-14H,5-12H2,(H2,22,23,24). The second kappa shape index (κ2) is 6.59. The molecule has 2 amide bonds. The highest BCUT2D eigenvalue weighted by Crippen LogP contribution is 2.67. The number of para-hydroxylation sites is 2. The van der Waals surface area contributed by atoms with Gasteiger partial charge in [-0.15, -0.1) is 0 Å². The maximum atomic E-state index is 13.4. The van der Waals surface area contributed by atoms with Gasteiger partial charge in [-0.05, 0) is 37.8 Å². The first kappa shape index (κ1) is 17.4. The van der Waals surface area contributed by atoms with Crippen LogP contribution >= 0.6 is 0 Å². The predicted octanol–water partition coefficient (Wildman–Crippen LogP) is 3.48. The van der Waals surface area contributed by atoms with Crippen LogP contribution in [-0.4, -0.2) is 37.3 Å². The van der Waals surface area contributed by atoms with Gasteiger partial charge in [0.1, 0.15) is 12.7 Å². The Labute approximate surface area is 151 Å². The summed E-state index contributed by atoms with van der Waals surface area (Å²) in [6.07, 6.45) is 2.80. The number of alkyl halides is 2. The normalized spacial score (nSPS) is 31.3. The van der Waals surface area contributed by atoms with E-state index >= 15 is 0 Å². The third-order valence-electron chi connectivity index (χ3n) is 5.81. The third-order valence-corrected chi connectivity index (χ3v) is 5.81. The van der Waals surface area contributed by atoms with Gasteiger partial charge in [0, 0.05) is 30.8 Å². The van der Waals surface area contributed by atoms with Gasteiger partial charge in [0.25, 0.3) is 5.92 Å². The van der Waals surface area contributed by atoms with Crippen molar-refractivity contribution in [1.82, 2.24) is 10.6 Å². The number of carbonyl (C=O) groups excluding carboxylic acids is 1. The van der Waals surface area contributed by atoms with Crippen LogP contribution in [0.25, 0.3) is 0 Å². The minimum absolute atomic E-state index is 0.0156. The van der Waals surface area contributed by atoms with Crippen LogP contribution in [-0.2, 0) is 0 Å². The Kier molecular flexibility index (Phi) is 4.40. The molecule has 2 fully saturated rings. The van der Waals surface area contributed by atoms with Crippen LogP contribution in [0.15, 0.2) is 24.3 Å². The lowest BCUT2D eigenvalue weighted by atomic mass is 9.83. The average Bonchev–Trinajstić information content (AvgIpc) is 3.16. The number of carbonyl (C=O) groups is 1. The van der Waals surface area contributed by atoms with Crippen molar-refractivity contribution in [2.45, 2.75) is 56.6 Å². The van der Waals surface area contributed by atoms with Gasteiger partial charge in [-0.3, -0.25) is 0 Å². The highest BCUT2D eigenvalue weighted by Gasteiger charge is 2.70. The van der Waals surface area contributed by atoms with E-state index in [1.54, 1.807) is 0 Å². The third kappa shape index (κ3) is 3.44. The molecule has 1 aromatic rings. The maximum absolute atomic E-state index is 13.4. The number of ether oxygens (including phenoxy) is 2. The van der Waals surface area contributed by atoms with Gasteiger partial charge in [-0.25, -0.2) is 13.6 Å². The number of rotatable bonds is 4. The summed E-state index contributed by atoms with van der Waals surface area (Å²) in [7, 11) is 0. The fraction of sp³-hybridized carbons (Fsp3) is 0.632. The number of halogens is 2. The zero-order valence-corrected chi connectivity index (χ0v) is 14.6. The molecule has 26 heavy (non-hydrogen) atoms. The lowest BCUT2D eigenvalue weighted by Gasteiger charge is -2.29. The van der Waals surface area contributed by atoms with Crippen molar-refractivity contribution >= 4 is 6.03 Å². The molecular weight excluding hydrogens is 342 g/mol. The first-order valence-corrected chi connectivity index (χ1v) is 9.28. The molecule has 0 aromatic heterocycles. The van der Waals surface area contributed by atoms with Crippen molar-refractivity contribution in [3.8, 4) is 11.5 Å². The summed E-state index contributed by atoms with van der Waals surface area (Å²) >= 11 is 0. The molecule has 2 N–H and O–H groups in total. The Bertz CT molecular complexity index is 675. The van der Waals surface area contributed by atoms with Crippen molar-refractivity contribution < 1.29 is 23.0 Å². The summed E-state index contributed by atoms with van der Waals surface area (Å²) in [5, 5.41) is 5.72. The van der Waals surface area contributed by atoms with Crippen LogP contribution in [0.5, 0.6) is 11.5 Å². The molecule has 1 unspecified atom stereocenters. The molecule has 1 atom stereocenters. The van der Waals surface area contributed by atoms with Crippen LogP contribution in [0.3, 0.4) is 0 Å². The van der Waals surface area contributed by atoms with Gasteiger partial charge in [-0.2, -0.15) is 0 Å². The molecule has 4 rings (SSSR count). The largest absolute Gasteiger partial charge is 0.486 e. The van der Waals surface area contributed by atoms with Gasteiger partial charge in [0.2, 0.25) is 0 Å². The van der Waals surface area contributed by atoms with E-state index in [1.165, 1.54) is 0 Å². The van der Waals surface area contributed by atoms with Crippen molar-refractivity contribution in [3.63, 3.8) is 0 Å². The first-order valence-electron chi connectivity index (χ1n) is 9.28. The molecule has 2 saturated carbocycles. The smallest absolute Gasteiger partial charge is 0.315 e. The summed E-state index contributed by atoms with van der Waals surface area (Å²) in [4.78, 5) is 12.0. The maximum Gasteiger partial charge on any atom is 0.315 e. The molecule has 7 heteroatoms. The number of hydrogen-bond donors (Lipinski definition) is 2. The number of hydrogen-bond acceptors (Lipinski definition) is 3. The van der Waals surface area contributed by atoms with Crippen LogP contribution in [0.4, 0.5) is 13.6 Å². The molecule has 3 aliphatic rings. The van der Waals surface area contributed by atoms with Gasteiger partial charge >= 0.3 is 6.03 Å². The SMILES string of the molecule is O=C(NCCC1COc2ccccc2O1)NC1CCC2(CC1)CC2(F)F. The summed E-state index contributed by atoms with van der Waals surface area (Å²) in [5.74, 6) is -1.02. The second-order valence-corrected chi connectivity index (χ2v) is 7.62. The zero-order valence-electron chi connectivity index (χ0n) is 14.6. The van der Waals surface area contributed by atoms with E-state index in [-0.39, 0.29) is 24.6 Å². The number of urea groups is 1. The molecule has 0 radical (unpaired) electrons. The van der Waals surface area contributed by atoms with Crippen LogP contribution in [0, 0.1) is 5.41 Å². The van der Waals surface area contributed by atoms with Gasteiger partial charge in [0.15, 0.2) is 11.5 Å². The lowest BCUT2D eigenvalue weighted by molar-refractivity contribution is 0.0445. The fourth-order valence-corrected chi connectivity index (χ4v) is 4.03. The monoisotopic (exact) mass is 366 g/mol. The lowest BCUT2D eigenvalue weighted by Crippen LogP contribution is -2.45. The highest BCUT2D eigenvalue weighted by molar-refractivity contribution is 5.74. The molecule has 1 aliphatic heterocycles. The molecule has 1 aromatic carbocycles. The molecule has 5 nitrogen and oxygen atoms in total. The van der Waals surface area contributed by atoms with E-state index < -0.39 is 11.3 Å². The molecule has 142 valence electrons. The summed E-state index contributed by atoms with van der Waals surface area (Å²) in [6, 6.07) is 7.25. The summed E-state index contributed by atoms with van der Waals surface area (Å²) in [6.45, 7) is 0.927. The molecule has 1 heterocycles. The predicted molar refractivity (Wildman–Crippen MR) is 91.8 cm³/mol. The Morgan fingerprint density at radius 2 is 1.88 bits per heavy atom. The Hall–Kier alpha value is -2.05. The van der Waals surface area contributed by atoms with E-state index in [9.17, 15) is 13.6 Å². The number of nitrogens with one attached hydrogen (secondary N) is 2. The summed E-state index contributed by atoms with van der Waals surface area (Å²) in [5.41, 5.74) is -0.768. The topological polar surface area (TPSA) is 59.6 Å². The number of amides is 2. The molecule has 0 saturated heterocycles. The Balaban J connectivity index is 1.14. The quantitative estimate of drug-likeness (QED) is 0.858. The van der Waals surface area contributed by atoms with Gasteiger partial charge < -0.3 is 20.1 Å². The molecular formula is C19H24F2N2O3. The minimum atomic E-state index is -2.49. The van der Waals surface area contributed by atoms with Crippen LogP contribution < -0.4 is 20.1 Å². The Morgan fingerprint density at radius 1 is 1.19 bits per heavy atom. The molecule has 0 bridgehead atoms. The van der Waals surface area contributed by atoms with E-state index in [0.717, 1.165) is 11.5 Å². The zero-order chi connectivity index (χ0) is 18.2. The van der Waals surface area contributed by atoms with Crippen molar-refractivity contribution in [2.24, 2.45) is 5.41 Å². The van der Waals surface area contributed by atoms with Gasteiger partial charge in [0.05, 0.1) is 0 Å². The van der Waals surface area contributed by atoms with Crippen molar-refractivity contribution in [1.29, 1.82) is 0 Å². The van der Waals surface area contributed by atoms with Crippen molar-refractivity contribution in [2.75, 3.05) is 13.2 Å². The number of benzene rings is 1. The van der Waals surface area contributed by atoms with E-state index in [0.29, 0.717) is 45.3 Å². The molecule has 2 aliphatic carbocycles. The van der Waals surface area contributed by atoms with E-state index in [2.05, 4.69) is 10.6 Å². The van der Waals surface area contributed by atoms with E-state index in [4.69, 9.17) is 9.47 Å². The Morgan fingerprint density at radius 3 is 2.58 bits per heavy atom. The molecule has 1 spiro atoms. The fourth-order valence-electron chi connectivity index (χ4n) is 4.03. The van der Waals surface area contributed by atoms with E-state index in [1.807, 2.05) is 24.3 Å².